The molecule has 0 heterocycles. The summed E-state index contributed by atoms with van der Waals surface area (Å²) in [5, 5.41) is 3.48. The Labute approximate surface area is 146 Å². The molecule has 24 heavy (non-hydrogen) atoms. The van der Waals surface area contributed by atoms with E-state index in [4.69, 9.17) is 9.47 Å². The lowest BCUT2D eigenvalue weighted by Gasteiger charge is -2.16. The fraction of sp³-hybridized carbons (Fsp3) is 0.429. The van der Waals surface area contributed by atoms with Gasteiger partial charge >= 0.3 is 0 Å². The van der Waals surface area contributed by atoms with Gasteiger partial charge in [0.15, 0.2) is 0 Å². The van der Waals surface area contributed by atoms with Gasteiger partial charge in [0, 0.05) is 12.1 Å². The molecule has 0 radical (unpaired) electrons. The van der Waals surface area contributed by atoms with Gasteiger partial charge < -0.3 is 14.8 Å². The number of hydrogen-bond donors (Lipinski definition) is 1. The van der Waals surface area contributed by atoms with Crippen molar-refractivity contribution in [2.45, 2.75) is 40.2 Å². The van der Waals surface area contributed by atoms with Crippen LogP contribution in [0.1, 0.15) is 39.2 Å². The average Bonchev–Trinajstić information content (AvgIpc) is 2.60. The van der Waals surface area contributed by atoms with Gasteiger partial charge in [-0.2, -0.15) is 0 Å². The van der Waals surface area contributed by atoms with E-state index in [9.17, 15) is 0 Å². The molecule has 0 bridgehead atoms. The summed E-state index contributed by atoms with van der Waals surface area (Å²) >= 11 is 0. The van der Waals surface area contributed by atoms with Gasteiger partial charge in [-0.1, -0.05) is 57.5 Å². The molecule has 2 aromatic carbocycles. The SMILES string of the molecule is CCCCOc1ccccc1NCc1ccccc1OCC(C)C. The van der Waals surface area contributed by atoms with Crippen molar-refractivity contribution in [3.63, 3.8) is 0 Å². The Morgan fingerprint density at radius 3 is 2.38 bits per heavy atom. The maximum absolute atomic E-state index is 5.93. The molecule has 0 fully saturated rings. The first-order chi connectivity index (χ1) is 11.7. The second kappa shape index (κ2) is 9.86. The number of anilines is 1. The first-order valence-electron chi connectivity index (χ1n) is 8.87. The molecule has 0 unspecified atom stereocenters. The molecule has 130 valence electrons. The number of rotatable bonds is 10. The normalized spacial score (nSPS) is 10.7. The zero-order valence-corrected chi connectivity index (χ0v) is 15.0. The summed E-state index contributed by atoms with van der Waals surface area (Å²) in [5.74, 6) is 2.37. The third-order valence-electron chi connectivity index (χ3n) is 3.66. The second-order valence-corrected chi connectivity index (χ2v) is 6.36. The highest BCUT2D eigenvalue weighted by Crippen LogP contribution is 2.26. The van der Waals surface area contributed by atoms with Crippen LogP contribution in [-0.4, -0.2) is 13.2 Å². The van der Waals surface area contributed by atoms with E-state index in [0.717, 1.165) is 48.8 Å². The topological polar surface area (TPSA) is 30.5 Å². The predicted octanol–water partition coefficient (Wildman–Crippen LogP) is 5.51. The Balaban J connectivity index is 2.00. The highest BCUT2D eigenvalue weighted by molar-refractivity contribution is 5.56. The van der Waals surface area contributed by atoms with E-state index in [2.05, 4.69) is 38.2 Å². The Bertz CT molecular complexity index is 610. The van der Waals surface area contributed by atoms with Gasteiger partial charge in [0.1, 0.15) is 11.5 Å². The molecule has 1 N–H and O–H groups in total. The van der Waals surface area contributed by atoms with Crippen LogP contribution in [0.3, 0.4) is 0 Å². The highest BCUT2D eigenvalue weighted by Gasteiger charge is 2.07. The van der Waals surface area contributed by atoms with E-state index >= 15 is 0 Å². The van der Waals surface area contributed by atoms with Crippen molar-refractivity contribution in [3.8, 4) is 11.5 Å². The first-order valence-corrected chi connectivity index (χ1v) is 8.87. The fourth-order valence-corrected chi connectivity index (χ4v) is 2.30. The molecule has 0 saturated heterocycles. The van der Waals surface area contributed by atoms with Gasteiger partial charge in [0.2, 0.25) is 0 Å². The summed E-state index contributed by atoms with van der Waals surface area (Å²) in [6, 6.07) is 16.3. The predicted molar refractivity (Wildman–Crippen MR) is 101 cm³/mol. The van der Waals surface area contributed by atoms with Crippen LogP contribution in [0.4, 0.5) is 5.69 Å². The number of para-hydroxylation sites is 3. The number of ether oxygens (including phenoxy) is 2. The molecule has 0 saturated carbocycles. The molecule has 0 aromatic heterocycles. The molecule has 0 atom stereocenters. The van der Waals surface area contributed by atoms with E-state index < -0.39 is 0 Å². The molecule has 0 spiro atoms. The van der Waals surface area contributed by atoms with Crippen LogP contribution >= 0.6 is 0 Å². The summed E-state index contributed by atoms with van der Waals surface area (Å²) < 4.78 is 11.8. The Kier molecular flexibility index (Phi) is 7.47. The smallest absolute Gasteiger partial charge is 0.142 e. The minimum atomic E-state index is 0.513. The van der Waals surface area contributed by atoms with Crippen molar-refractivity contribution in [3.05, 3.63) is 54.1 Å². The molecule has 0 aliphatic heterocycles. The average molecular weight is 327 g/mol. The van der Waals surface area contributed by atoms with Gasteiger partial charge in [0.25, 0.3) is 0 Å². The van der Waals surface area contributed by atoms with Gasteiger partial charge in [0.05, 0.1) is 18.9 Å². The van der Waals surface area contributed by atoms with Crippen molar-refractivity contribution in [1.29, 1.82) is 0 Å². The van der Waals surface area contributed by atoms with E-state index in [-0.39, 0.29) is 0 Å². The zero-order valence-electron chi connectivity index (χ0n) is 15.0. The van der Waals surface area contributed by atoms with Gasteiger partial charge in [-0.15, -0.1) is 0 Å². The minimum Gasteiger partial charge on any atom is -0.493 e. The van der Waals surface area contributed by atoms with Crippen molar-refractivity contribution in [1.82, 2.24) is 0 Å². The van der Waals surface area contributed by atoms with Crippen LogP contribution in [0.2, 0.25) is 0 Å². The van der Waals surface area contributed by atoms with E-state index in [1.165, 1.54) is 0 Å². The molecule has 0 aliphatic rings. The molecule has 3 heteroatoms. The monoisotopic (exact) mass is 327 g/mol. The molecule has 0 aliphatic carbocycles. The summed E-state index contributed by atoms with van der Waals surface area (Å²) in [6.45, 7) is 8.68. The van der Waals surface area contributed by atoms with Gasteiger partial charge in [-0.25, -0.2) is 0 Å². The van der Waals surface area contributed by atoms with Gasteiger partial charge in [-0.3, -0.25) is 0 Å². The highest BCUT2D eigenvalue weighted by atomic mass is 16.5. The van der Waals surface area contributed by atoms with Crippen molar-refractivity contribution in [2.24, 2.45) is 5.92 Å². The van der Waals surface area contributed by atoms with Crippen molar-refractivity contribution in [2.75, 3.05) is 18.5 Å². The number of nitrogens with one attached hydrogen (secondary N) is 1. The van der Waals surface area contributed by atoms with Gasteiger partial charge in [-0.05, 0) is 30.5 Å². The lowest BCUT2D eigenvalue weighted by atomic mass is 10.2. The quantitative estimate of drug-likeness (QED) is 0.583. The molecule has 2 aromatic rings. The maximum Gasteiger partial charge on any atom is 0.142 e. The third-order valence-corrected chi connectivity index (χ3v) is 3.66. The second-order valence-electron chi connectivity index (χ2n) is 6.36. The summed E-state index contributed by atoms with van der Waals surface area (Å²) in [6.07, 6.45) is 2.20. The zero-order chi connectivity index (χ0) is 17.2. The molecular weight excluding hydrogens is 298 g/mol. The summed E-state index contributed by atoms with van der Waals surface area (Å²) in [5.41, 5.74) is 2.17. The molecule has 3 nitrogen and oxygen atoms in total. The number of benzene rings is 2. The van der Waals surface area contributed by atoms with E-state index in [1.807, 2.05) is 36.4 Å². The summed E-state index contributed by atoms with van der Waals surface area (Å²) in [7, 11) is 0. The van der Waals surface area contributed by atoms with Crippen LogP contribution < -0.4 is 14.8 Å². The first kappa shape index (κ1) is 18.2. The van der Waals surface area contributed by atoms with E-state index in [0.29, 0.717) is 12.5 Å². The third kappa shape index (κ3) is 5.80. The van der Waals surface area contributed by atoms with Crippen molar-refractivity contribution >= 4 is 5.69 Å². The van der Waals surface area contributed by atoms with Crippen molar-refractivity contribution < 1.29 is 9.47 Å². The Hall–Kier alpha value is -2.16. The molecular formula is C21H29NO2. The van der Waals surface area contributed by atoms with Crippen LogP contribution in [0.15, 0.2) is 48.5 Å². The van der Waals surface area contributed by atoms with Crippen LogP contribution in [-0.2, 0) is 6.54 Å². The number of hydrogen-bond acceptors (Lipinski definition) is 3. The van der Waals surface area contributed by atoms with Crippen LogP contribution in [0, 0.1) is 5.92 Å². The minimum absolute atomic E-state index is 0.513. The maximum atomic E-state index is 5.93. The Morgan fingerprint density at radius 1 is 0.917 bits per heavy atom. The molecule has 2 rings (SSSR count). The lowest BCUT2D eigenvalue weighted by Crippen LogP contribution is -2.08. The summed E-state index contributed by atoms with van der Waals surface area (Å²) in [4.78, 5) is 0. The van der Waals surface area contributed by atoms with Crippen LogP contribution in [0.25, 0.3) is 0 Å². The largest absolute Gasteiger partial charge is 0.493 e. The number of unbranched alkanes of at least 4 members (excludes halogenated alkanes) is 1. The molecule has 0 amide bonds. The fourth-order valence-electron chi connectivity index (χ4n) is 2.30. The Morgan fingerprint density at radius 2 is 1.62 bits per heavy atom. The standard InChI is InChI=1S/C21H29NO2/c1-4-5-14-23-21-13-9-7-11-19(21)22-15-18-10-6-8-12-20(18)24-16-17(2)3/h6-13,17,22H,4-5,14-16H2,1-3H3. The lowest BCUT2D eigenvalue weighted by molar-refractivity contribution is 0.269. The van der Waals surface area contributed by atoms with E-state index in [1.54, 1.807) is 0 Å². The van der Waals surface area contributed by atoms with Crippen LogP contribution in [0.5, 0.6) is 11.5 Å².